The van der Waals surface area contributed by atoms with Crippen LogP contribution in [0.5, 0.6) is 0 Å². The Morgan fingerprint density at radius 2 is 2.25 bits per heavy atom. The van der Waals surface area contributed by atoms with Gasteiger partial charge in [0.15, 0.2) is 0 Å². The number of rotatable bonds is 3. The summed E-state index contributed by atoms with van der Waals surface area (Å²) in [6.07, 6.45) is 4.47. The molecular weight excluding hydrogens is 204 g/mol. The summed E-state index contributed by atoms with van der Waals surface area (Å²) in [6, 6.07) is 3.73. The third-order valence-corrected chi connectivity index (χ3v) is 3.48. The van der Waals surface area contributed by atoms with E-state index in [1.54, 1.807) is 12.4 Å². The number of pyridine rings is 1. The van der Waals surface area contributed by atoms with Gasteiger partial charge >= 0.3 is 0 Å². The van der Waals surface area contributed by atoms with Gasteiger partial charge in [0.1, 0.15) is 0 Å². The molecule has 0 aliphatic carbocycles. The zero-order valence-electron chi connectivity index (χ0n) is 9.30. The van der Waals surface area contributed by atoms with Gasteiger partial charge in [0, 0.05) is 37.6 Å². The van der Waals surface area contributed by atoms with Crippen LogP contribution in [0.1, 0.15) is 24.5 Å². The molecular formula is C12H18N2O2. The summed E-state index contributed by atoms with van der Waals surface area (Å²) < 4.78 is 5.33. The zero-order chi connectivity index (χ0) is 11.4. The van der Waals surface area contributed by atoms with Crippen LogP contribution in [-0.4, -0.2) is 29.8 Å². The third kappa shape index (κ3) is 2.09. The molecule has 1 aliphatic heterocycles. The van der Waals surface area contributed by atoms with Crippen LogP contribution in [0.2, 0.25) is 0 Å². The lowest BCUT2D eigenvalue weighted by Gasteiger charge is -2.40. The normalized spacial score (nSPS) is 21.6. The van der Waals surface area contributed by atoms with E-state index in [4.69, 9.17) is 10.5 Å². The number of hydrogen-bond donors (Lipinski definition) is 2. The predicted octanol–water partition coefficient (Wildman–Crippen LogP) is 0.870. The van der Waals surface area contributed by atoms with E-state index in [1.165, 1.54) is 0 Å². The second-order valence-electron chi connectivity index (χ2n) is 4.37. The molecule has 0 spiro atoms. The SMILES string of the molecule is NCC1(C(O)c2cccnc2)CCOCC1. The molecule has 0 radical (unpaired) electrons. The molecule has 1 aromatic rings. The van der Waals surface area contributed by atoms with Gasteiger partial charge in [-0.1, -0.05) is 6.07 Å². The van der Waals surface area contributed by atoms with E-state index in [9.17, 15) is 5.11 Å². The Morgan fingerprint density at radius 3 is 2.81 bits per heavy atom. The Kier molecular flexibility index (Phi) is 3.53. The van der Waals surface area contributed by atoms with Crippen molar-refractivity contribution in [1.82, 2.24) is 4.98 Å². The summed E-state index contributed by atoms with van der Waals surface area (Å²) >= 11 is 0. The molecule has 1 saturated heterocycles. The first-order valence-electron chi connectivity index (χ1n) is 5.64. The lowest BCUT2D eigenvalue weighted by Crippen LogP contribution is -2.41. The minimum absolute atomic E-state index is 0.249. The molecule has 2 heterocycles. The van der Waals surface area contributed by atoms with E-state index in [0.717, 1.165) is 18.4 Å². The van der Waals surface area contributed by atoms with Crippen molar-refractivity contribution in [2.24, 2.45) is 11.1 Å². The standard InChI is InChI=1S/C12H18N2O2/c13-9-12(3-6-16-7-4-12)11(15)10-2-1-5-14-8-10/h1-2,5,8,11,15H,3-4,6-7,9,13H2. The molecule has 1 fully saturated rings. The summed E-state index contributed by atoms with van der Waals surface area (Å²) in [7, 11) is 0. The van der Waals surface area contributed by atoms with Crippen molar-refractivity contribution in [2.75, 3.05) is 19.8 Å². The predicted molar refractivity (Wildman–Crippen MR) is 60.7 cm³/mol. The second-order valence-corrected chi connectivity index (χ2v) is 4.37. The van der Waals surface area contributed by atoms with E-state index in [0.29, 0.717) is 19.8 Å². The lowest BCUT2D eigenvalue weighted by molar-refractivity contribution is -0.0582. The van der Waals surface area contributed by atoms with Gasteiger partial charge in [-0.15, -0.1) is 0 Å². The number of ether oxygens (including phenoxy) is 1. The van der Waals surface area contributed by atoms with Crippen LogP contribution in [0.3, 0.4) is 0 Å². The van der Waals surface area contributed by atoms with Gasteiger partial charge < -0.3 is 15.6 Å². The Morgan fingerprint density at radius 1 is 1.50 bits per heavy atom. The molecule has 2 rings (SSSR count). The summed E-state index contributed by atoms with van der Waals surface area (Å²) in [6.45, 7) is 1.83. The second kappa shape index (κ2) is 4.91. The first kappa shape index (κ1) is 11.5. The number of hydrogen-bond acceptors (Lipinski definition) is 4. The highest BCUT2D eigenvalue weighted by Gasteiger charge is 2.39. The molecule has 0 amide bonds. The lowest BCUT2D eigenvalue weighted by atomic mass is 9.73. The molecule has 88 valence electrons. The van der Waals surface area contributed by atoms with Crippen molar-refractivity contribution in [3.63, 3.8) is 0 Å². The van der Waals surface area contributed by atoms with Crippen molar-refractivity contribution in [1.29, 1.82) is 0 Å². The topological polar surface area (TPSA) is 68.4 Å². The van der Waals surface area contributed by atoms with Gasteiger partial charge in [-0.3, -0.25) is 4.98 Å². The van der Waals surface area contributed by atoms with Gasteiger partial charge in [-0.2, -0.15) is 0 Å². The van der Waals surface area contributed by atoms with E-state index >= 15 is 0 Å². The molecule has 1 aromatic heterocycles. The van der Waals surface area contributed by atoms with Gasteiger partial charge in [-0.25, -0.2) is 0 Å². The molecule has 1 aliphatic rings. The molecule has 3 N–H and O–H groups in total. The van der Waals surface area contributed by atoms with Crippen molar-refractivity contribution in [3.05, 3.63) is 30.1 Å². The molecule has 0 aromatic carbocycles. The van der Waals surface area contributed by atoms with E-state index in [2.05, 4.69) is 4.98 Å². The van der Waals surface area contributed by atoms with Crippen molar-refractivity contribution in [3.8, 4) is 0 Å². The number of aliphatic hydroxyl groups excluding tert-OH is 1. The largest absolute Gasteiger partial charge is 0.388 e. The Balaban J connectivity index is 2.20. The molecule has 1 unspecified atom stereocenters. The maximum absolute atomic E-state index is 10.4. The minimum Gasteiger partial charge on any atom is -0.388 e. The average molecular weight is 222 g/mol. The molecule has 4 heteroatoms. The van der Waals surface area contributed by atoms with Crippen molar-refractivity contribution in [2.45, 2.75) is 18.9 Å². The van der Waals surface area contributed by atoms with Crippen LogP contribution in [-0.2, 0) is 4.74 Å². The van der Waals surface area contributed by atoms with Crippen molar-refractivity contribution >= 4 is 0 Å². The monoisotopic (exact) mass is 222 g/mol. The summed E-state index contributed by atoms with van der Waals surface area (Å²) in [5.41, 5.74) is 6.43. The number of aromatic nitrogens is 1. The van der Waals surface area contributed by atoms with Gasteiger partial charge in [0.05, 0.1) is 6.10 Å². The highest BCUT2D eigenvalue weighted by molar-refractivity contribution is 5.15. The summed E-state index contributed by atoms with van der Waals surface area (Å²) in [5.74, 6) is 0. The van der Waals surface area contributed by atoms with Crippen LogP contribution >= 0.6 is 0 Å². The van der Waals surface area contributed by atoms with Crippen LogP contribution in [0, 0.1) is 5.41 Å². The highest BCUT2D eigenvalue weighted by Crippen LogP contribution is 2.41. The molecule has 4 nitrogen and oxygen atoms in total. The van der Waals surface area contributed by atoms with E-state index in [1.807, 2.05) is 12.1 Å². The quantitative estimate of drug-likeness (QED) is 0.796. The Hall–Kier alpha value is -0.970. The van der Waals surface area contributed by atoms with E-state index in [-0.39, 0.29) is 5.41 Å². The van der Waals surface area contributed by atoms with Crippen LogP contribution in [0.15, 0.2) is 24.5 Å². The Labute approximate surface area is 95.4 Å². The summed E-state index contributed by atoms with van der Waals surface area (Å²) in [4.78, 5) is 4.03. The molecule has 16 heavy (non-hydrogen) atoms. The summed E-state index contributed by atoms with van der Waals surface area (Å²) in [5, 5.41) is 10.4. The first-order valence-corrected chi connectivity index (χ1v) is 5.64. The fraction of sp³-hybridized carbons (Fsp3) is 0.583. The van der Waals surface area contributed by atoms with Crippen LogP contribution in [0.25, 0.3) is 0 Å². The molecule has 0 saturated carbocycles. The maximum atomic E-state index is 10.4. The average Bonchev–Trinajstić information content (AvgIpc) is 2.39. The Bertz CT molecular complexity index is 323. The number of nitrogens with two attached hydrogens (primary N) is 1. The number of nitrogens with zero attached hydrogens (tertiary/aromatic N) is 1. The van der Waals surface area contributed by atoms with Gasteiger partial charge in [-0.05, 0) is 24.5 Å². The van der Waals surface area contributed by atoms with Gasteiger partial charge in [0.2, 0.25) is 0 Å². The van der Waals surface area contributed by atoms with Gasteiger partial charge in [0.25, 0.3) is 0 Å². The fourth-order valence-electron chi connectivity index (χ4n) is 2.26. The smallest absolute Gasteiger partial charge is 0.0874 e. The number of aliphatic hydroxyl groups is 1. The zero-order valence-corrected chi connectivity index (χ0v) is 9.30. The van der Waals surface area contributed by atoms with Crippen LogP contribution < -0.4 is 5.73 Å². The molecule has 0 bridgehead atoms. The molecule has 1 atom stereocenters. The van der Waals surface area contributed by atoms with Crippen molar-refractivity contribution < 1.29 is 9.84 Å². The minimum atomic E-state index is -0.546. The highest BCUT2D eigenvalue weighted by atomic mass is 16.5. The fourth-order valence-corrected chi connectivity index (χ4v) is 2.26. The maximum Gasteiger partial charge on any atom is 0.0874 e. The van der Waals surface area contributed by atoms with Crippen LogP contribution in [0.4, 0.5) is 0 Å². The first-order chi connectivity index (χ1) is 7.78. The van der Waals surface area contributed by atoms with E-state index < -0.39 is 6.10 Å². The third-order valence-electron chi connectivity index (χ3n) is 3.48.